The van der Waals surface area contributed by atoms with Gasteiger partial charge in [-0.05, 0) is 36.6 Å². The van der Waals surface area contributed by atoms with Crippen LogP contribution in [0.1, 0.15) is 48.2 Å². The predicted octanol–water partition coefficient (Wildman–Crippen LogP) is 2.18. The molecule has 2 N–H and O–H groups in total. The van der Waals surface area contributed by atoms with Gasteiger partial charge in [-0.15, -0.1) is 0 Å². The van der Waals surface area contributed by atoms with Gasteiger partial charge in [-0.25, -0.2) is 0 Å². The van der Waals surface area contributed by atoms with Crippen molar-refractivity contribution < 1.29 is 14.7 Å². The van der Waals surface area contributed by atoms with Crippen molar-refractivity contribution in [1.29, 1.82) is 0 Å². The van der Waals surface area contributed by atoms with Crippen molar-refractivity contribution >= 4 is 34.4 Å². The van der Waals surface area contributed by atoms with Crippen LogP contribution in [-0.4, -0.2) is 22.9 Å². The van der Waals surface area contributed by atoms with Crippen molar-refractivity contribution in [2.75, 3.05) is 0 Å². The Hall–Kier alpha value is -2.01. The number of hydrogen-bond donors (Lipinski definition) is 2. The lowest BCUT2D eigenvalue weighted by Gasteiger charge is -2.22. The molecule has 0 radical (unpaired) electrons. The van der Waals surface area contributed by atoms with E-state index in [4.69, 9.17) is 11.6 Å². The first kappa shape index (κ1) is 15.9. The van der Waals surface area contributed by atoms with Crippen LogP contribution in [-0.2, 0) is 11.2 Å². The summed E-state index contributed by atoms with van der Waals surface area (Å²) in [6.07, 6.45) is 5.43. The van der Waals surface area contributed by atoms with Crippen LogP contribution < -0.4 is 10.4 Å². The summed E-state index contributed by atoms with van der Waals surface area (Å²) >= 11 is 5.99. The minimum atomic E-state index is -1.32. The summed E-state index contributed by atoms with van der Waals surface area (Å²) in [6, 6.07) is 5.23. The molecule has 0 spiro atoms. The van der Waals surface area contributed by atoms with Gasteiger partial charge in [0.25, 0.3) is 0 Å². The number of aromatic carboxylic acids is 1. The molecule has 1 saturated carbocycles. The summed E-state index contributed by atoms with van der Waals surface area (Å²) in [6.45, 7) is 0. The molecule has 5 nitrogen and oxygen atoms in total. The molecular weight excluding hydrogens is 316 g/mol. The van der Waals surface area contributed by atoms with E-state index in [2.05, 4.69) is 10.3 Å². The van der Waals surface area contributed by atoms with Crippen LogP contribution >= 0.6 is 11.6 Å². The number of aromatic nitrogens is 1. The molecule has 1 fully saturated rings. The average Bonchev–Trinajstić information content (AvgIpc) is 2.86. The number of carbonyl (C=O) groups is 2. The van der Waals surface area contributed by atoms with Gasteiger partial charge in [0.15, 0.2) is 0 Å². The molecule has 2 aromatic rings. The second kappa shape index (κ2) is 6.62. The monoisotopic (exact) mass is 333 g/mol. The van der Waals surface area contributed by atoms with Crippen molar-refractivity contribution in [2.24, 2.45) is 0 Å². The number of benzene rings is 1. The third-order valence-electron chi connectivity index (χ3n) is 4.38. The van der Waals surface area contributed by atoms with Gasteiger partial charge in [0.2, 0.25) is 5.91 Å². The molecule has 122 valence electrons. The smallest absolute Gasteiger partial charge is 0.224 e. The Morgan fingerprint density at radius 3 is 2.70 bits per heavy atom. The second-order valence-electron chi connectivity index (χ2n) is 6.04. The topological polar surface area (TPSA) is 85.0 Å². The number of carboxylic acids is 1. The number of H-pyrrole nitrogens is 1. The number of hydrogen-bond acceptors (Lipinski definition) is 3. The van der Waals surface area contributed by atoms with Crippen LogP contribution in [0.3, 0.4) is 0 Å². The fraction of sp³-hybridized carbons (Fsp3) is 0.412. The summed E-state index contributed by atoms with van der Waals surface area (Å²) in [7, 11) is 0. The van der Waals surface area contributed by atoms with Gasteiger partial charge in [-0.2, -0.15) is 0 Å². The minimum absolute atomic E-state index is 0.000154. The van der Waals surface area contributed by atoms with Gasteiger partial charge in [0.05, 0.1) is 18.1 Å². The van der Waals surface area contributed by atoms with E-state index in [1.165, 1.54) is 6.42 Å². The number of rotatable bonds is 4. The van der Waals surface area contributed by atoms with Gasteiger partial charge >= 0.3 is 0 Å². The first-order valence-corrected chi connectivity index (χ1v) is 8.23. The highest BCUT2D eigenvalue weighted by atomic mass is 35.5. The highest BCUT2D eigenvalue weighted by Crippen LogP contribution is 2.26. The molecule has 0 unspecified atom stereocenters. The van der Waals surface area contributed by atoms with Crippen LogP contribution in [0.2, 0.25) is 5.02 Å². The van der Waals surface area contributed by atoms with Crippen LogP contribution in [0.25, 0.3) is 10.9 Å². The van der Waals surface area contributed by atoms with Gasteiger partial charge in [-0.3, -0.25) is 4.79 Å². The van der Waals surface area contributed by atoms with Crippen molar-refractivity contribution in [1.82, 2.24) is 10.3 Å². The number of fused-ring (bicyclic) bond motifs is 1. The molecule has 1 aromatic heterocycles. The Balaban J connectivity index is 1.85. The van der Waals surface area contributed by atoms with Gasteiger partial charge in [0.1, 0.15) is 0 Å². The Morgan fingerprint density at radius 1 is 1.26 bits per heavy atom. The van der Waals surface area contributed by atoms with Crippen molar-refractivity contribution in [3.8, 4) is 0 Å². The summed E-state index contributed by atoms with van der Waals surface area (Å²) in [5.41, 5.74) is 1.01. The Morgan fingerprint density at radius 2 is 2.00 bits per heavy atom. The predicted molar refractivity (Wildman–Crippen MR) is 86.4 cm³/mol. The molecule has 1 amide bonds. The van der Waals surface area contributed by atoms with E-state index in [1.54, 1.807) is 18.2 Å². The summed E-state index contributed by atoms with van der Waals surface area (Å²) in [4.78, 5) is 26.5. The standard InChI is InChI=1S/C17H19ClN2O3/c18-10-6-7-14-12(8-10)13(16(20-14)17(22)23)9-15(21)19-11-4-2-1-3-5-11/h6-8,11,20H,1-5,9H2,(H,19,21)(H,22,23)/p-1. The molecule has 1 heterocycles. The summed E-state index contributed by atoms with van der Waals surface area (Å²) < 4.78 is 0. The highest BCUT2D eigenvalue weighted by molar-refractivity contribution is 6.31. The highest BCUT2D eigenvalue weighted by Gasteiger charge is 2.19. The maximum absolute atomic E-state index is 12.3. The number of amides is 1. The number of aromatic amines is 1. The largest absolute Gasteiger partial charge is 0.543 e. The first-order chi connectivity index (χ1) is 11.0. The summed E-state index contributed by atoms with van der Waals surface area (Å²) in [5.74, 6) is -1.49. The molecule has 0 aliphatic heterocycles. The van der Waals surface area contributed by atoms with Crippen LogP contribution in [0.15, 0.2) is 18.2 Å². The van der Waals surface area contributed by atoms with Crippen molar-refractivity contribution in [3.63, 3.8) is 0 Å². The average molecular weight is 334 g/mol. The van der Waals surface area contributed by atoms with E-state index in [1.807, 2.05) is 0 Å². The normalized spacial score (nSPS) is 15.7. The van der Waals surface area contributed by atoms with E-state index >= 15 is 0 Å². The van der Waals surface area contributed by atoms with Gasteiger partial charge in [-0.1, -0.05) is 30.9 Å². The lowest BCUT2D eigenvalue weighted by Crippen LogP contribution is -2.37. The van der Waals surface area contributed by atoms with Crippen LogP contribution in [0.5, 0.6) is 0 Å². The minimum Gasteiger partial charge on any atom is -0.543 e. The third-order valence-corrected chi connectivity index (χ3v) is 4.62. The molecular formula is C17H18ClN2O3-. The Labute approximate surface area is 139 Å². The number of carboxylic acid groups (broad SMARTS) is 1. The first-order valence-electron chi connectivity index (χ1n) is 7.85. The molecule has 23 heavy (non-hydrogen) atoms. The molecule has 0 atom stereocenters. The lowest BCUT2D eigenvalue weighted by atomic mass is 9.95. The van der Waals surface area contributed by atoms with E-state index in [0.29, 0.717) is 21.5 Å². The summed E-state index contributed by atoms with van der Waals surface area (Å²) in [5, 5.41) is 15.5. The molecule has 0 saturated heterocycles. The maximum atomic E-state index is 12.3. The Kier molecular flexibility index (Phi) is 4.57. The molecule has 6 heteroatoms. The SMILES string of the molecule is O=C(Cc1c(C(=O)[O-])[nH]c2ccc(Cl)cc12)NC1CCCCC1. The van der Waals surface area contributed by atoms with Crippen molar-refractivity contribution in [3.05, 3.63) is 34.5 Å². The van der Waals surface area contributed by atoms with Crippen LogP contribution in [0, 0.1) is 0 Å². The molecule has 3 rings (SSSR count). The molecule has 1 aliphatic carbocycles. The van der Waals surface area contributed by atoms with Gasteiger partial charge in [0, 0.05) is 22.0 Å². The van der Waals surface area contributed by atoms with E-state index < -0.39 is 5.97 Å². The number of carbonyl (C=O) groups excluding carboxylic acids is 2. The zero-order valence-electron chi connectivity index (χ0n) is 12.7. The van der Waals surface area contributed by atoms with E-state index in [-0.39, 0.29) is 24.1 Å². The zero-order valence-corrected chi connectivity index (χ0v) is 13.4. The van der Waals surface area contributed by atoms with Crippen molar-refractivity contribution in [2.45, 2.75) is 44.6 Å². The Bertz CT molecular complexity index is 748. The zero-order chi connectivity index (χ0) is 16.4. The molecule has 0 bridgehead atoms. The molecule has 1 aromatic carbocycles. The van der Waals surface area contributed by atoms with Crippen LogP contribution in [0.4, 0.5) is 0 Å². The number of nitrogens with one attached hydrogen (secondary N) is 2. The fourth-order valence-electron chi connectivity index (χ4n) is 3.26. The molecule has 1 aliphatic rings. The fourth-order valence-corrected chi connectivity index (χ4v) is 3.44. The maximum Gasteiger partial charge on any atom is 0.224 e. The van der Waals surface area contributed by atoms with E-state index in [9.17, 15) is 14.7 Å². The third kappa shape index (κ3) is 3.50. The quantitative estimate of drug-likeness (QED) is 0.899. The van der Waals surface area contributed by atoms with E-state index in [0.717, 1.165) is 25.7 Å². The lowest BCUT2D eigenvalue weighted by molar-refractivity contribution is -0.255. The number of halogens is 1. The second-order valence-corrected chi connectivity index (χ2v) is 6.47. The van der Waals surface area contributed by atoms with Gasteiger partial charge < -0.3 is 20.2 Å².